The van der Waals surface area contributed by atoms with E-state index in [-0.39, 0.29) is 5.91 Å². The van der Waals surface area contributed by atoms with E-state index >= 15 is 0 Å². The van der Waals surface area contributed by atoms with Crippen molar-refractivity contribution in [1.29, 1.82) is 0 Å². The van der Waals surface area contributed by atoms with E-state index in [0.717, 1.165) is 35.4 Å². The highest BCUT2D eigenvalue weighted by Gasteiger charge is 2.16. The van der Waals surface area contributed by atoms with Crippen LogP contribution in [0.1, 0.15) is 39.8 Å². The number of benzene rings is 2. The Hall–Kier alpha value is -3.15. The summed E-state index contributed by atoms with van der Waals surface area (Å²) in [7, 11) is 1.64. The first-order chi connectivity index (χ1) is 13.6. The molecule has 6 nitrogen and oxygen atoms in total. The Balaban J connectivity index is 1.58. The second-order valence-corrected chi connectivity index (χ2v) is 6.71. The van der Waals surface area contributed by atoms with Crippen LogP contribution in [0.2, 0.25) is 0 Å². The topological polar surface area (TPSA) is 69.0 Å². The van der Waals surface area contributed by atoms with Gasteiger partial charge in [0.05, 0.1) is 19.3 Å². The zero-order valence-electron chi connectivity index (χ0n) is 16.6. The van der Waals surface area contributed by atoms with E-state index in [1.54, 1.807) is 11.8 Å². The molecule has 0 aliphatic heterocycles. The van der Waals surface area contributed by atoms with Gasteiger partial charge in [-0.3, -0.25) is 4.79 Å². The molecule has 0 unspecified atom stereocenters. The predicted molar refractivity (Wildman–Crippen MR) is 109 cm³/mol. The largest absolute Gasteiger partial charge is 0.497 e. The second-order valence-electron chi connectivity index (χ2n) is 6.71. The Morgan fingerprint density at radius 2 is 1.86 bits per heavy atom. The number of nitrogens with one attached hydrogen (secondary N) is 1. The lowest BCUT2D eigenvalue weighted by Gasteiger charge is -2.07. The van der Waals surface area contributed by atoms with Crippen molar-refractivity contribution >= 4 is 5.91 Å². The first kappa shape index (κ1) is 19.6. The number of aryl methyl sites for hydroxylation is 1. The minimum Gasteiger partial charge on any atom is -0.497 e. The summed E-state index contributed by atoms with van der Waals surface area (Å²) in [6, 6.07) is 16.2. The van der Waals surface area contributed by atoms with E-state index in [1.807, 2.05) is 31.2 Å². The van der Waals surface area contributed by atoms with Crippen molar-refractivity contribution in [3.8, 4) is 5.75 Å². The molecule has 1 aromatic heterocycles. The zero-order chi connectivity index (χ0) is 19.9. The Bertz CT molecular complexity index is 932. The summed E-state index contributed by atoms with van der Waals surface area (Å²) >= 11 is 0. The normalized spacial score (nSPS) is 10.7. The molecule has 0 bridgehead atoms. The minimum absolute atomic E-state index is 0.201. The molecule has 0 atom stereocenters. The lowest BCUT2D eigenvalue weighted by Crippen LogP contribution is -2.26. The molecule has 0 spiro atoms. The van der Waals surface area contributed by atoms with Crippen LogP contribution in [0.25, 0.3) is 0 Å². The fraction of sp³-hybridized carbons (Fsp3) is 0.318. The molecule has 2 aromatic carbocycles. The van der Waals surface area contributed by atoms with Crippen LogP contribution in [-0.2, 0) is 19.4 Å². The van der Waals surface area contributed by atoms with Crippen molar-refractivity contribution in [1.82, 2.24) is 20.3 Å². The third-order valence-electron chi connectivity index (χ3n) is 4.79. The third kappa shape index (κ3) is 4.76. The lowest BCUT2D eigenvalue weighted by molar-refractivity contribution is 0.0948. The number of carbonyl (C=O) groups is 1. The average Bonchev–Trinajstić information content (AvgIpc) is 3.09. The number of aromatic nitrogens is 3. The van der Waals surface area contributed by atoms with Crippen molar-refractivity contribution in [3.05, 3.63) is 76.6 Å². The van der Waals surface area contributed by atoms with Crippen LogP contribution in [-0.4, -0.2) is 34.6 Å². The fourth-order valence-electron chi connectivity index (χ4n) is 3.01. The maximum Gasteiger partial charge on any atom is 0.273 e. The highest BCUT2D eigenvalue weighted by molar-refractivity contribution is 5.93. The van der Waals surface area contributed by atoms with Crippen LogP contribution in [0, 0.1) is 6.92 Å². The van der Waals surface area contributed by atoms with Gasteiger partial charge in [-0.2, -0.15) is 0 Å². The maximum atomic E-state index is 12.5. The monoisotopic (exact) mass is 378 g/mol. The van der Waals surface area contributed by atoms with Gasteiger partial charge in [-0.15, -0.1) is 5.10 Å². The number of carbonyl (C=O) groups excluding carboxylic acids is 1. The van der Waals surface area contributed by atoms with Crippen molar-refractivity contribution in [2.45, 2.75) is 33.2 Å². The Labute approximate surface area is 165 Å². The molecule has 0 aliphatic carbocycles. The number of ether oxygens (including phenoxy) is 1. The van der Waals surface area contributed by atoms with E-state index < -0.39 is 0 Å². The van der Waals surface area contributed by atoms with Gasteiger partial charge in [0.2, 0.25) is 0 Å². The van der Waals surface area contributed by atoms with Crippen LogP contribution in [0.3, 0.4) is 0 Å². The number of hydrogen-bond acceptors (Lipinski definition) is 4. The molecule has 1 N–H and O–H groups in total. The Kier molecular flexibility index (Phi) is 6.42. The van der Waals surface area contributed by atoms with Crippen LogP contribution in [0.4, 0.5) is 0 Å². The average molecular weight is 378 g/mol. The molecular formula is C22H26N4O2. The number of methoxy groups -OCH3 is 1. The van der Waals surface area contributed by atoms with Crippen molar-refractivity contribution in [3.63, 3.8) is 0 Å². The van der Waals surface area contributed by atoms with E-state index in [1.165, 1.54) is 5.56 Å². The first-order valence-electron chi connectivity index (χ1n) is 9.49. The Morgan fingerprint density at radius 3 is 2.57 bits per heavy atom. The molecule has 3 rings (SSSR count). The van der Waals surface area contributed by atoms with Gasteiger partial charge in [0, 0.05) is 6.54 Å². The standard InChI is InChI=1S/C22H26N4O2/c1-4-17-8-10-19(11-9-17)15-26-16(2)21(24-25-26)22(27)23-13-12-18-6-5-7-20(14-18)28-3/h5-11,14H,4,12-13,15H2,1-3H3,(H,23,27). The second kappa shape index (κ2) is 9.17. The lowest BCUT2D eigenvalue weighted by atomic mass is 10.1. The van der Waals surface area contributed by atoms with E-state index in [0.29, 0.717) is 18.8 Å². The van der Waals surface area contributed by atoms with Crippen molar-refractivity contribution in [2.75, 3.05) is 13.7 Å². The van der Waals surface area contributed by atoms with Gasteiger partial charge in [0.25, 0.3) is 5.91 Å². The quantitative estimate of drug-likeness (QED) is 0.654. The molecule has 0 aliphatic rings. The molecule has 0 radical (unpaired) electrons. The van der Waals surface area contributed by atoms with E-state index in [4.69, 9.17) is 4.74 Å². The molecule has 6 heteroatoms. The summed E-state index contributed by atoms with van der Waals surface area (Å²) in [6.07, 6.45) is 1.74. The highest BCUT2D eigenvalue weighted by atomic mass is 16.5. The van der Waals surface area contributed by atoms with Crippen LogP contribution >= 0.6 is 0 Å². The Morgan fingerprint density at radius 1 is 1.11 bits per heavy atom. The summed E-state index contributed by atoms with van der Waals surface area (Å²) in [5.74, 6) is 0.613. The van der Waals surface area contributed by atoms with Crippen LogP contribution in [0.5, 0.6) is 5.75 Å². The van der Waals surface area contributed by atoms with Gasteiger partial charge >= 0.3 is 0 Å². The van der Waals surface area contributed by atoms with Gasteiger partial charge in [-0.25, -0.2) is 4.68 Å². The van der Waals surface area contributed by atoms with Crippen LogP contribution < -0.4 is 10.1 Å². The van der Waals surface area contributed by atoms with E-state index in [2.05, 4.69) is 46.8 Å². The minimum atomic E-state index is -0.201. The molecule has 1 heterocycles. The van der Waals surface area contributed by atoms with Gasteiger partial charge < -0.3 is 10.1 Å². The number of hydrogen-bond donors (Lipinski definition) is 1. The SMILES string of the molecule is CCc1ccc(Cn2nnc(C(=O)NCCc3cccc(OC)c3)c2C)cc1. The molecule has 146 valence electrons. The molecule has 3 aromatic rings. The molecule has 28 heavy (non-hydrogen) atoms. The number of amides is 1. The van der Waals surface area contributed by atoms with E-state index in [9.17, 15) is 4.79 Å². The summed E-state index contributed by atoms with van der Waals surface area (Å²) in [5, 5.41) is 11.2. The molecule has 0 fully saturated rings. The van der Waals surface area contributed by atoms with Gasteiger partial charge in [0.1, 0.15) is 5.75 Å². The smallest absolute Gasteiger partial charge is 0.273 e. The highest BCUT2D eigenvalue weighted by Crippen LogP contribution is 2.13. The summed E-state index contributed by atoms with van der Waals surface area (Å²) in [6.45, 7) is 5.13. The van der Waals surface area contributed by atoms with Gasteiger partial charge in [-0.05, 0) is 48.6 Å². The molecule has 1 amide bonds. The summed E-state index contributed by atoms with van der Waals surface area (Å²) < 4.78 is 6.99. The third-order valence-corrected chi connectivity index (χ3v) is 4.79. The summed E-state index contributed by atoms with van der Waals surface area (Å²) in [5.41, 5.74) is 4.68. The van der Waals surface area contributed by atoms with Gasteiger partial charge in [0.15, 0.2) is 5.69 Å². The van der Waals surface area contributed by atoms with Crippen molar-refractivity contribution < 1.29 is 9.53 Å². The van der Waals surface area contributed by atoms with Crippen molar-refractivity contribution in [2.24, 2.45) is 0 Å². The van der Waals surface area contributed by atoms with Crippen LogP contribution in [0.15, 0.2) is 48.5 Å². The number of nitrogens with zero attached hydrogens (tertiary/aromatic N) is 3. The summed E-state index contributed by atoms with van der Waals surface area (Å²) in [4.78, 5) is 12.5. The first-order valence-corrected chi connectivity index (χ1v) is 9.49. The maximum absolute atomic E-state index is 12.5. The molecule has 0 saturated carbocycles. The van der Waals surface area contributed by atoms with Gasteiger partial charge in [-0.1, -0.05) is 48.5 Å². The molecule has 0 saturated heterocycles. The fourth-order valence-corrected chi connectivity index (χ4v) is 3.01. The zero-order valence-corrected chi connectivity index (χ0v) is 16.6. The molecular weight excluding hydrogens is 352 g/mol. The predicted octanol–water partition coefficient (Wildman–Crippen LogP) is 3.18. The number of rotatable bonds is 8.